The largest absolute Gasteiger partial charge is 0.480 e. The lowest BCUT2D eigenvalue weighted by molar-refractivity contribution is -0.148. The SMILES string of the molecule is NC1CCCCC1C(=O)N1CCC(OCC(=O)O)CC1. The van der Waals surface area contributed by atoms with Crippen LogP contribution in [-0.4, -0.2) is 53.7 Å². The van der Waals surface area contributed by atoms with Gasteiger partial charge in [-0.2, -0.15) is 0 Å². The summed E-state index contributed by atoms with van der Waals surface area (Å²) in [5, 5.41) is 8.58. The van der Waals surface area contributed by atoms with Gasteiger partial charge < -0.3 is 20.5 Å². The number of aliphatic carboxylic acids is 1. The maximum atomic E-state index is 12.4. The summed E-state index contributed by atoms with van der Waals surface area (Å²) in [6, 6.07) is -0.00256. The third-order valence-electron chi connectivity index (χ3n) is 4.33. The number of carbonyl (C=O) groups is 2. The van der Waals surface area contributed by atoms with Crippen molar-refractivity contribution in [3.8, 4) is 0 Å². The lowest BCUT2D eigenvalue weighted by Crippen LogP contribution is -2.49. The van der Waals surface area contributed by atoms with Gasteiger partial charge in [0.2, 0.25) is 5.91 Å². The highest BCUT2D eigenvalue weighted by atomic mass is 16.5. The summed E-state index contributed by atoms with van der Waals surface area (Å²) in [7, 11) is 0. The van der Waals surface area contributed by atoms with Crippen LogP contribution >= 0.6 is 0 Å². The number of carbonyl (C=O) groups excluding carboxylic acids is 1. The molecule has 0 spiro atoms. The molecule has 1 amide bonds. The Morgan fingerprint density at radius 3 is 2.40 bits per heavy atom. The molecule has 2 rings (SSSR count). The van der Waals surface area contributed by atoms with Gasteiger partial charge in [-0.05, 0) is 25.7 Å². The van der Waals surface area contributed by atoms with E-state index in [2.05, 4.69) is 0 Å². The predicted molar refractivity (Wildman–Crippen MR) is 73.1 cm³/mol. The van der Waals surface area contributed by atoms with Crippen LogP contribution in [-0.2, 0) is 14.3 Å². The van der Waals surface area contributed by atoms with Crippen LogP contribution < -0.4 is 5.73 Å². The highest BCUT2D eigenvalue weighted by molar-refractivity contribution is 5.79. The Hall–Kier alpha value is -1.14. The van der Waals surface area contributed by atoms with Gasteiger partial charge in [-0.3, -0.25) is 4.79 Å². The van der Waals surface area contributed by atoms with Crippen LogP contribution in [0.1, 0.15) is 38.5 Å². The number of nitrogens with two attached hydrogens (primary N) is 1. The summed E-state index contributed by atoms with van der Waals surface area (Å²) < 4.78 is 5.28. The minimum absolute atomic E-state index is 0.00256. The van der Waals surface area contributed by atoms with Crippen LogP contribution in [0, 0.1) is 5.92 Å². The van der Waals surface area contributed by atoms with Gasteiger partial charge in [-0.15, -0.1) is 0 Å². The summed E-state index contributed by atoms with van der Waals surface area (Å²) in [6.45, 7) is 1.03. The van der Waals surface area contributed by atoms with Crippen molar-refractivity contribution in [2.24, 2.45) is 11.7 Å². The molecule has 0 aromatic heterocycles. The predicted octanol–water partition coefficient (Wildman–Crippen LogP) is 0.596. The van der Waals surface area contributed by atoms with Crippen LogP contribution in [0.15, 0.2) is 0 Å². The second-order valence-corrected chi connectivity index (χ2v) is 5.78. The molecular weight excluding hydrogens is 260 g/mol. The van der Waals surface area contributed by atoms with Crippen LogP contribution in [0.2, 0.25) is 0 Å². The fourth-order valence-corrected chi connectivity index (χ4v) is 3.13. The smallest absolute Gasteiger partial charge is 0.329 e. The molecule has 1 aliphatic heterocycles. The summed E-state index contributed by atoms with van der Waals surface area (Å²) in [5.41, 5.74) is 6.06. The lowest BCUT2D eigenvalue weighted by Gasteiger charge is -2.36. The first-order chi connectivity index (χ1) is 9.58. The van der Waals surface area contributed by atoms with E-state index in [-0.39, 0.29) is 30.6 Å². The van der Waals surface area contributed by atoms with Gasteiger partial charge in [0.25, 0.3) is 0 Å². The number of hydrogen-bond donors (Lipinski definition) is 2. The van der Waals surface area contributed by atoms with Gasteiger partial charge in [0.05, 0.1) is 12.0 Å². The van der Waals surface area contributed by atoms with Crippen molar-refractivity contribution >= 4 is 11.9 Å². The molecule has 2 atom stereocenters. The second kappa shape index (κ2) is 7.04. The van der Waals surface area contributed by atoms with Crippen molar-refractivity contribution < 1.29 is 19.4 Å². The topological polar surface area (TPSA) is 92.9 Å². The molecule has 2 fully saturated rings. The van der Waals surface area contributed by atoms with E-state index in [0.717, 1.165) is 25.7 Å². The summed E-state index contributed by atoms with van der Waals surface area (Å²) >= 11 is 0. The third-order valence-corrected chi connectivity index (χ3v) is 4.33. The van der Waals surface area contributed by atoms with E-state index in [1.165, 1.54) is 0 Å². The quantitative estimate of drug-likeness (QED) is 0.788. The number of carboxylic acid groups (broad SMARTS) is 1. The average molecular weight is 284 g/mol. The highest BCUT2D eigenvalue weighted by Crippen LogP contribution is 2.26. The van der Waals surface area contributed by atoms with Crippen LogP contribution in [0.3, 0.4) is 0 Å². The molecule has 0 radical (unpaired) electrons. The number of amides is 1. The van der Waals surface area contributed by atoms with Crippen LogP contribution in [0.25, 0.3) is 0 Å². The maximum absolute atomic E-state index is 12.4. The Kier molecular flexibility index (Phi) is 5.37. The van der Waals surface area contributed by atoms with Crippen molar-refractivity contribution in [1.29, 1.82) is 0 Å². The van der Waals surface area contributed by atoms with Crippen LogP contribution in [0.5, 0.6) is 0 Å². The minimum Gasteiger partial charge on any atom is -0.480 e. The summed E-state index contributed by atoms with van der Waals surface area (Å²) in [5.74, 6) is -0.800. The molecule has 6 nitrogen and oxygen atoms in total. The van der Waals surface area contributed by atoms with Gasteiger partial charge in [-0.25, -0.2) is 4.79 Å². The van der Waals surface area contributed by atoms with Gasteiger partial charge in [0, 0.05) is 19.1 Å². The standard InChI is InChI=1S/C14H24N2O4/c15-12-4-2-1-3-11(12)14(19)16-7-5-10(6-8-16)20-9-13(17)18/h10-12H,1-9,15H2,(H,17,18). The summed E-state index contributed by atoms with van der Waals surface area (Å²) in [4.78, 5) is 24.8. The molecule has 2 unspecified atom stereocenters. The molecule has 2 aliphatic rings. The zero-order valence-corrected chi connectivity index (χ0v) is 11.8. The second-order valence-electron chi connectivity index (χ2n) is 5.78. The first kappa shape index (κ1) is 15.3. The number of nitrogens with zero attached hydrogens (tertiary/aromatic N) is 1. The van der Waals surface area contributed by atoms with Crippen molar-refractivity contribution in [1.82, 2.24) is 4.90 Å². The van der Waals surface area contributed by atoms with Crippen molar-refractivity contribution in [3.63, 3.8) is 0 Å². The Morgan fingerprint density at radius 2 is 1.80 bits per heavy atom. The molecule has 1 saturated heterocycles. The molecule has 1 aliphatic carbocycles. The zero-order chi connectivity index (χ0) is 14.5. The highest BCUT2D eigenvalue weighted by Gasteiger charge is 2.33. The molecule has 3 N–H and O–H groups in total. The lowest BCUT2D eigenvalue weighted by atomic mass is 9.84. The van der Waals surface area contributed by atoms with Crippen LogP contribution in [0.4, 0.5) is 0 Å². The molecule has 0 aromatic carbocycles. The molecule has 114 valence electrons. The molecule has 0 bridgehead atoms. The first-order valence-electron chi connectivity index (χ1n) is 7.45. The van der Waals surface area contributed by atoms with E-state index in [1.807, 2.05) is 4.90 Å². The fraction of sp³-hybridized carbons (Fsp3) is 0.857. The molecule has 1 saturated carbocycles. The molecule has 6 heteroatoms. The van der Waals surface area contributed by atoms with Gasteiger partial charge in [0.15, 0.2) is 0 Å². The third kappa shape index (κ3) is 3.93. The van der Waals surface area contributed by atoms with E-state index >= 15 is 0 Å². The Balaban J connectivity index is 1.78. The van der Waals surface area contributed by atoms with E-state index < -0.39 is 5.97 Å². The fourth-order valence-electron chi connectivity index (χ4n) is 3.13. The van der Waals surface area contributed by atoms with Crippen molar-refractivity contribution in [2.45, 2.75) is 50.7 Å². The van der Waals surface area contributed by atoms with Gasteiger partial charge in [-0.1, -0.05) is 12.8 Å². The number of hydrogen-bond acceptors (Lipinski definition) is 4. The number of carboxylic acids is 1. The molecule has 1 heterocycles. The van der Waals surface area contributed by atoms with E-state index in [0.29, 0.717) is 25.9 Å². The Morgan fingerprint density at radius 1 is 1.15 bits per heavy atom. The van der Waals surface area contributed by atoms with Gasteiger partial charge >= 0.3 is 5.97 Å². The van der Waals surface area contributed by atoms with E-state index in [4.69, 9.17) is 15.6 Å². The van der Waals surface area contributed by atoms with Gasteiger partial charge in [0.1, 0.15) is 6.61 Å². The Bertz CT molecular complexity index is 353. The molecule has 0 aromatic rings. The number of piperidine rings is 1. The Labute approximate surface area is 119 Å². The summed E-state index contributed by atoms with van der Waals surface area (Å²) in [6.07, 6.45) is 5.42. The maximum Gasteiger partial charge on any atom is 0.329 e. The van der Waals surface area contributed by atoms with Crippen molar-refractivity contribution in [2.75, 3.05) is 19.7 Å². The first-order valence-corrected chi connectivity index (χ1v) is 7.45. The number of rotatable bonds is 4. The molecular formula is C14H24N2O4. The minimum atomic E-state index is -0.948. The monoisotopic (exact) mass is 284 g/mol. The molecule has 20 heavy (non-hydrogen) atoms. The van der Waals surface area contributed by atoms with E-state index in [9.17, 15) is 9.59 Å². The van der Waals surface area contributed by atoms with E-state index in [1.54, 1.807) is 0 Å². The number of likely N-dealkylation sites (tertiary alicyclic amines) is 1. The average Bonchev–Trinajstić information content (AvgIpc) is 2.45. The normalized spacial score (nSPS) is 28.4. The van der Waals surface area contributed by atoms with Crippen molar-refractivity contribution in [3.05, 3.63) is 0 Å². The zero-order valence-electron chi connectivity index (χ0n) is 11.8. The number of ether oxygens (including phenoxy) is 1.